The maximum atomic E-state index is 13.0. The van der Waals surface area contributed by atoms with E-state index in [1.54, 1.807) is 0 Å². The van der Waals surface area contributed by atoms with Crippen LogP contribution in [0.3, 0.4) is 0 Å². The van der Waals surface area contributed by atoms with E-state index in [0.717, 1.165) is 18.2 Å². The number of rotatable bonds is 4. The van der Waals surface area contributed by atoms with Crippen molar-refractivity contribution in [3.63, 3.8) is 0 Å². The first-order valence-corrected chi connectivity index (χ1v) is 5.03. The van der Waals surface area contributed by atoms with Crippen LogP contribution in [0.15, 0.2) is 18.2 Å². The molecular formula is C11H12FNO4. The smallest absolute Gasteiger partial charge is 0.338 e. The van der Waals surface area contributed by atoms with E-state index in [0.29, 0.717) is 0 Å². The maximum absolute atomic E-state index is 13.0. The maximum Gasteiger partial charge on any atom is 0.338 e. The minimum Gasteiger partial charge on any atom is -0.462 e. The van der Waals surface area contributed by atoms with Gasteiger partial charge in [0.1, 0.15) is 0 Å². The summed E-state index contributed by atoms with van der Waals surface area (Å²) in [5.41, 5.74) is -0.761. The molecule has 0 N–H and O–H groups in total. The molecule has 0 heterocycles. The molecular weight excluding hydrogens is 229 g/mol. The summed E-state index contributed by atoms with van der Waals surface area (Å²) < 4.78 is 17.9. The van der Waals surface area contributed by atoms with E-state index in [1.165, 1.54) is 0 Å². The van der Waals surface area contributed by atoms with Crippen LogP contribution in [-0.4, -0.2) is 17.5 Å². The summed E-state index contributed by atoms with van der Waals surface area (Å²) in [4.78, 5) is 21.1. The molecule has 0 aromatic heterocycles. The summed E-state index contributed by atoms with van der Waals surface area (Å²) >= 11 is 0. The molecule has 6 heteroatoms. The van der Waals surface area contributed by atoms with Crippen LogP contribution < -0.4 is 0 Å². The summed E-state index contributed by atoms with van der Waals surface area (Å²) in [6, 6.07) is 2.91. The molecule has 0 spiro atoms. The molecule has 0 aliphatic heterocycles. The zero-order chi connectivity index (χ0) is 13.0. The Labute approximate surface area is 97.3 Å². The third-order valence-electron chi connectivity index (χ3n) is 1.93. The predicted molar refractivity (Wildman–Crippen MR) is 58.2 cm³/mol. The summed E-state index contributed by atoms with van der Waals surface area (Å²) in [6.45, 7) is 3.94. The van der Waals surface area contributed by atoms with Gasteiger partial charge in [0.05, 0.1) is 17.1 Å². The zero-order valence-corrected chi connectivity index (χ0v) is 9.47. The number of carbonyl (C=O) groups excluding carboxylic acids is 1. The van der Waals surface area contributed by atoms with Crippen LogP contribution in [0.2, 0.25) is 0 Å². The van der Waals surface area contributed by atoms with Crippen molar-refractivity contribution < 1.29 is 18.8 Å². The number of halogens is 1. The number of hydrogen-bond acceptors (Lipinski definition) is 4. The fraction of sp³-hybridized carbons (Fsp3) is 0.364. The number of nitro benzene ring substituents is 1. The fourth-order valence-corrected chi connectivity index (χ4v) is 1.11. The van der Waals surface area contributed by atoms with Crippen molar-refractivity contribution in [3.05, 3.63) is 39.7 Å². The normalized spacial score (nSPS) is 10.4. The van der Waals surface area contributed by atoms with Crippen molar-refractivity contribution in [1.82, 2.24) is 0 Å². The predicted octanol–water partition coefficient (Wildman–Crippen LogP) is 2.55. The molecule has 0 aliphatic carbocycles. The molecule has 0 fully saturated rings. The van der Waals surface area contributed by atoms with Crippen molar-refractivity contribution in [3.8, 4) is 0 Å². The molecule has 92 valence electrons. The molecule has 0 amide bonds. The highest BCUT2D eigenvalue weighted by atomic mass is 19.1. The van der Waals surface area contributed by atoms with Gasteiger partial charge in [0.2, 0.25) is 5.82 Å². The van der Waals surface area contributed by atoms with Crippen molar-refractivity contribution in [2.75, 3.05) is 6.61 Å². The Kier molecular flexibility index (Phi) is 4.14. The lowest BCUT2D eigenvalue weighted by Crippen LogP contribution is -2.10. The molecule has 17 heavy (non-hydrogen) atoms. The highest BCUT2D eigenvalue weighted by Gasteiger charge is 2.18. The van der Waals surface area contributed by atoms with Crippen LogP contribution in [0.25, 0.3) is 0 Å². The molecule has 0 aliphatic rings. The van der Waals surface area contributed by atoms with Crippen LogP contribution >= 0.6 is 0 Å². The van der Waals surface area contributed by atoms with Crippen molar-refractivity contribution in [2.45, 2.75) is 13.8 Å². The molecule has 0 bridgehead atoms. The first kappa shape index (κ1) is 13.1. The molecule has 0 saturated carbocycles. The van der Waals surface area contributed by atoms with Gasteiger partial charge in [-0.15, -0.1) is 0 Å². The Morgan fingerprint density at radius 3 is 2.71 bits per heavy atom. The van der Waals surface area contributed by atoms with Crippen LogP contribution in [-0.2, 0) is 4.74 Å². The monoisotopic (exact) mass is 241 g/mol. The van der Waals surface area contributed by atoms with Crippen LogP contribution in [0, 0.1) is 21.8 Å². The number of carbonyl (C=O) groups is 1. The molecule has 1 aromatic rings. The number of ether oxygens (including phenoxy) is 1. The third-order valence-corrected chi connectivity index (χ3v) is 1.93. The van der Waals surface area contributed by atoms with Crippen molar-refractivity contribution >= 4 is 11.7 Å². The van der Waals surface area contributed by atoms with Gasteiger partial charge in [-0.25, -0.2) is 4.79 Å². The van der Waals surface area contributed by atoms with Crippen LogP contribution in [0.5, 0.6) is 0 Å². The lowest BCUT2D eigenvalue weighted by Gasteiger charge is -2.06. The standard InChI is InChI=1S/C11H12FNO4/c1-7(2)6-17-11(14)8-3-4-9(12)10(5-8)13(15)16/h3-5,7H,6H2,1-2H3. The first-order chi connectivity index (χ1) is 7.91. The number of esters is 1. The quantitative estimate of drug-likeness (QED) is 0.461. The molecule has 0 atom stereocenters. The molecule has 5 nitrogen and oxygen atoms in total. The first-order valence-electron chi connectivity index (χ1n) is 5.03. The van der Waals surface area contributed by atoms with Gasteiger partial charge in [0.15, 0.2) is 0 Å². The van der Waals surface area contributed by atoms with Crippen LogP contribution in [0.1, 0.15) is 24.2 Å². The topological polar surface area (TPSA) is 69.4 Å². The van der Waals surface area contributed by atoms with E-state index in [-0.39, 0.29) is 18.1 Å². The highest BCUT2D eigenvalue weighted by Crippen LogP contribution is 2.19. The Bertz CT molecular complexity index is 445. The van der Waals surface area contributed by atoms with Crippen molar-refractivity contribution in [1.29, 1.82) is 0 Å². The lowest BCUT2D eigenvalue weighted by atomic mass is 10.2. The average molecular weight is 241 g/mol. The second-order valence-electron chi connectivity index (χ2n) is 3.92. The van der Waals surface area contributed by atoms with Gasteiger partial charge in [-0.2, -0.15) is 4.39 Å². The fourth-order valence-electron chi connectivity index (χ4n) is 1.11. The largest absolute Gasteiger partial charge is 0.462 e. The van der Waals surface area contributed by atoms with E-state index in [9.17, 15) is 19.3 Å². The Morgan fingerprint density at radius 2 is 2.18 bits per heavy atom. The molecule has 0 saturated heterocycles. The number of benzene rings is 1. The summed E-state index contributed by atoms with van der Waals surface area (Å²) in [6.07, 6.45) is 0. The van der Waals surface area contributed by atoms with Gasteiger partial charge < -0.3 is 4.74 Å². The highest BCUT2D eigenvalue weighted by molar-refractivity contribution is 5.90. The molecule has 1 aromatic carbocycles. The van der Waals surface area contributed by atoms with Gasteiger partial charge in [-0.05, 0) is 18.1 Å². The Hall–Kier alpha value is -1.98. The van der Waals surface area contributed by atoms with Crippen molar-refractivity contribution in [2.24, 2.45) is 5.92 Å². The van der Waals surface area contributed by atoms with E-state index in [1.807, 2.05) is 13.8 Å². The second kappa shape index (κ2) is 5.38. The second-order valence-corrected chi connectivity index (χ2v) is 3.92. The average Bonchev–Trinajstić information content (AvgIpc) is 2.26. The van der Waals surface area contributed by atoms with Gasteiger partial charge in [0, 0.05) is 6.07 Å². The summed E-state index contributed by atoms with van der Waals surface area (Å²) in [7, 11) is 0. The van der Waals surface area contributed by atoms with Crippen LogP contribution in [0.4, 0.5) is 10.1 Å². The molecule has 0 radical (unpaired) electrons. The Morgan fingerprint density at radius 1 is 1.53 bits per heavy atom. The van der Waals surface area contributed by atoms with E-state index in [4.69, 9.17) is 4.74 Å². The van der Waals surface area contributed by atoms with E-state index < -0.39 is 22.4 Å². The number of nitrogens with zero attached hydrogens (tertiary/aromatic N) is 1. The summed E-state index contributed by atoms with van der Waals surface area (Å²) in [5, 5.41) is 10.5. The number of hydrogen-bond donors (Lipinski definition) is 0. The van der Waals surface area contributed by atoms with Gasteiger partial charge >= 0.3 is 11.7 Å². The number of nitro groups is 1. The SMILES string of the molecule is CC(C)COC(=O)c1ccc(F)c([N+](=O)[O-])c1. The molecule has 1 rings (SSSR count). The van der Waals surface area contributed by atoms with Gasteiger partial charge in [-0.3, -0.25) is 10.1 Å². The van der Waals surface area contributed by atoms with Gasteiger partial charge in [-0.1, -0.05) is 13.8 Å². The van der Waals surface area contributed by atoms with Gasteiger partial charge in [0.25, 0.3) is 0 Å². The lowest BCUT2D eigenvalue weighted by molar-refractivity contribution is -0.387. The Balaban J connectivity index is 2.88. The minimum atomic E-state index is -0.976. The third kappa shape index (κ3) is 3.51. The van der Waals surface area contributed by atoms with E-state index >= 15 is 0 Å². The summed E-state index contributed by atoms with van der Waals surface area (Å²) in [5.74, 6) is -1.51. The molecule has 0 unspecified atom stereocenters. The van der Waals surface area contributed by atoms with E-state index in [2.05, 4.69) is 0 Å². The zero-order valence-electron chi connectivity index (χ0n) is 9.47. The minimum absolute atomic E-state index is 0.0289.